The third kappa shape index (κ3) is 6.32. The second-order valence-corrected chi connectivity index (χ2v) is 5.96. The van der Waals surface area contributed by atoms with Crippen LogP contribution in [0.4, 0.5) is 17.2 Å². The lowest BCUT2D eigenvalue weighted by Crippen LogP contribution is -2.44. The van der Waals surface area contributed by atoms with Gasteiger partial charge in [0.05, 0.1) is 30.8 Å². The summed E-state index contributed by atoms with van der Waals surface area (Å²) < 4.78 is 11.1. The first kappa shape index (κ1) is 19.7. The molecule has 0 fully saturated rings. The number of nitrogens with zero attached hydrogens (tertiary/aromatic N) is 3. The quantitative estimate of drug-likeness (QED) is 0.454. The van der Waals surface area contributed by atoms with Gasteiger partial charge in [0.25, 0.3) is 0 Å². The van der Waals surface area contributed by atoms with Gasteiger partial charge in [-0.25, -0.2) is 4.98 Å². The summed E-state index contributed by atoms with van der Waals surface area (Å²) >= 11 is 0. The molecule has 0 saturated heterocycles. The standard InChI is InChI=1S/C17H30N4O4/c18-15-13-16-17(19-14-15)21(6-12-25-10-2-8-23)4-3-20(16)5-11-24-9-1-7-22/h13-14,22-23H,1-12,18H2. The van der Waals surface area contributed by atoms with Gasteiger partial charge < -0.3 is 35.2 Å². The predicted octanol–water partition coefficient (Wildman–Crippen LogP) is 0.0882. The Kier molecular flexibility index (Phi) is 8.75. The van der Waals surface area contributed by atoms with Gasteiger partial charge in [0.2, 0.25) is 0 Å². The van der Waals surface area contributed by atoms with Crippen molar-refractivity contribution in [1.29, 1.82) is 0 Å². The first-order valence-corrected chi connectivity index (χ1v) is 8.89. The average molecular weight is 354 g/mol. The number of aromatic nitrogens is 1. The Hall–Kier alpha value is -1.61. The summed E-state index contributed by atoms with van der Waals surface area (Å²) in [6.07, 6.45) is 3.00. The van der Waals surface area contributed by atoms with E-state index < -0.39 is 0 Å². The maximum absolute atomic E-state index is 8.78. The number of nitrogen functional groups attached to an aromatic ring is 1. The Morgan fingerprint density at radius 3 is 2.20 bits per heavy atom. The SMILES string of the molecule is Nc1cnc2c(c1)N(CCOCCCO)CCN2CCOCCCO. The van der Waals surface area contributed by atoms with Gasteiger partial charge in [-0.1, -0.05) is 0 Å². The number of rotatable bonds is 12. The molecule has 0 saturated carbocycles. The molecule has 0 radical (unpaired) electrons. The first-order chi connectivity index (χ1) is 12.3. The van der Waals surface area contributed by atoms with Gasteiger partial charge in [-0.2, -0.15) is 0 Å². The van der Waals surface area contributed by atoms with Crippen molar-refractivity contribution >= 4 is 17.2 Å². The third-order valence-electron chi connectivity index (χ3n) is 4.05. The maximum Gasteiger partial charge on any atom is 0.152 e. The van der Waals surface area contributed by atoms with E-state index in [-0.39, 0.29) is 13.2 Å². The minimum Gasteiger partial charge on any atom is -0.397 e. The number of hydrogen-bond acceptors (Lipinski definition) is 8. The molecule has 1 aliphatic rings. The minimum absolute atomic E-state index is 0.155. The Morgan fingerprint density at radius 2 is 1.56 bits per heavy atom. The molecule has 1 aliphatic heterocycles. The molecule has 1 aromatic heterocycles. The highest BCUT2D eigenvalue weighted by Crippen LogP contribution is 2.32. The Balaban J connectivity index is 1.90. The van der Waals surface area contributed by atoms with Crippen molar-refractivity contribution in [2.24, 2.45) is 0 Å². The molecule has 0 bridgehead atoms. The second-order valence-electron chi connectivity index (χ2n) is 5.96. The summed E-state index contributed by atoms with van der Waals surface area (Å²) in [5.74, 6) is 0.918. The molecule has 0 atom stereocenters. The molecule has 0 aliphatic carbocycles. The zero-order chi connectivity index (χ0) is 17.9. The van der Waals surface area contributed by atoms with Gasteiger partial charge in [-0.05, 0) is 18.9 Å². The smallest absolute Gasteiger partial charge is 0.152 e. The van der Waals surface area contributed by atoms with E-state index in [4.69, 9.17) is 25.4 Å². The highest BCUT2D eigenvalue weighted by molar-refractivity contribution is 5.72. The summed E-state index contributed by atoms with van der Waals surface area (Å²) in [5.41, 5.74) is 7.59. The number of hydrogen-bond donors (Lipinski definition) is 3. The Bertz CT molecular complexity index is 504. The molecule has 0 aromatic carbocycles. The van der Waals surface area contributed by atoms with Crippen LogP contribution in [0.2, 0.25) is 0 Å². The number of aliphatic hydroxyl groups excluding tert-OH is 2. The average Bonchev–Trinajstić information content (AvgIpc) is 2.62. The summed E-state index contributed by atoms with van der Waals surface area (Å²) in [7, 11) is 0. The number of nitrogens with two attached hydrogens (primary N) is 1. The van der Waals surface area contributed by atoms with Crippen LogP contribution in [0.25, 0.3) is 0 Å². The van der Waals surface area contributed by atoms with Crippen LogP contribution in [0.1, 0.15) is 12.8 Å². The van der Waals surface area contributed by atoms with Gasteiger partial charge >= 0.3 is 0 Å². The first-order valence-electron chi connectivity index (χ1n) is 8.89. The summed E-state index contributed by atoms with van der Waals surface area (Å²) in [4.78, 5) is 8.96. The monoisotopic (exact) mass is 354 g/mol. The van der Waals surface area contributed by atoms with Gasteiger partial charge in [-0.3, -0.25) is 0 Å². The molecule has 25 heavy (non-hydrogen) atoms. The molecular formula is C17H30N4O4. The van der Waals surface area contributed by atoms with Crippen LogP contribution in [0.3, 0.4) is 0 Å². The van der Waals surface area contributed by atoms with Crippen molar-refractivity contribution in [2.75, 3.05) is 81.4 Å². The summed E-state index contributed by atoms with van der Waals surface area (Å²) in [6.45, 7) is 5.94. The van der Waals surface area contributed by atoms with Crippen LogP contribution in [0.5, 0.6) is 0 Å². The molecule has 4 N–H and O–H groups in total. The van der Waals surface area contributed by atoms with E-state index in [0.29, 0.717) is 45.0 Å². The number of fused-ring (bicyclic) bond motifs is 1. The molecule has 2 heterocycles. The molecule has 0 unspecified atom stereocenters. The third-order valence-corrected chi connectivity index (χ3v) is 4.05. The van der Waals surface area contributed by atoms with Crippen molar-refractivity contribution in [2.45, 2.75) is 12.8 Å². The van der Waals surface area contributed by atoms with E-state index in [1.54, 1.807) is 6.20 Å². The van der Waals surface area contributed by atoms with Gasteiger partial charge in [0.15, 0.2) is 5.82 Å². The van der Waals surface area contributed by atoms with E-state index in [0.717, 1.165) is 37.7 Å². The molecule has 0 amide bonds. The van der Waals surface area contributed by atoms with Crippen molar-refractivity contribution in [1.82, 2.24) is 4.98 Å². The zero-order valence-electron chi connectivity index (χ0n) is 14.8. The topological polar surface area (TPSA) is 104 Å². The largest absolute Gasteiger partial charge is 0.397 e. The fraction of sp³-hybridized carbons (Fsp3) is 0.706. The summed E-state index contributed by atoms with van der Waals surface area (Å²) in [6, 6.07) is 1.95. The fourth-order valence-corrected chi connectivity index (χ4v) is 2.74. The number of aliphatic hydroxyl groups is 2. The molecular weight excluding hydrogens is 324 g/mol. The van der Waals surface area contributed by atoms with Crippen LogP contribution in [-0.2, 0) is 9.47 Å². The van der Waals surface area contributed by atoms with E-state index in [2.05, 4.69) is 14.8 Å². The fourth-order valence-electron chi connectivity index (χ4n) is 2.74. The van der Waals surface area contributed by atoms with Crippen LogP contribution < -0.4 is 15.5 Å². The van der Waals surface area contributed by atoms with E-state index >= 15 is 0 Å². The Morgan fingerprint density at radius 1 is 0.960 bits per heavy atom. The van der Waals surface area contributed by atoms with Crippen molar-refractivity contribution in [3.8, 4) is 0 Å². The lowest BCUT2D eigenvalue weighted by molar-refractivity contribution is 0.119. The highest BCUT2D eigenvalue weighted by atomic mass is 16.5. The molecule has 8 nitrogen and oxygen atoms in total. The molecule has 8 heteroatoms. The van der Waals surface area contributed by atoms with E-state index in [1.807, 2.05) is 6.07 Å². The Labute approximate surface area is 149 Å². The lowest BCUT2D eigenvalue weighted by Gasteiger charge is -2.38. The summed E-state index contributed by atoms with van der Waals surface area (Å²) in [5, 5.41) is 17.6. The lowest BCUT2D eigenvalue weighted by atomic mass is 10.2. The molecule has 142 valence electrons. The van der Waals surface area contributed by atoms with Gasteiger partial charge in [0.1, 0.15) is 0 Å². The normalized spacial score (nSPS) is 14.0. The molecule has 1 aromatic rings. The maximum atomic E-state index is 8.78. The van der Waals surface area contributed by atoms with Crippen LogP contribution in [-0.4, -0.2) is 81.0 Å². The second kappa shape index (κ2) is 11.1. The van der Waals surface area contributed by atoms with Crippen LogP contribution in [0.15, 0.2) is 12.3 Å². The van der Waals surface area contributed by atoms with E-state index in [1.165, 1.54) is 0 Å². The van der Waals surface area contributed by atoms with Crippen molar-refractivity contribution in [3.63, 3.8) is 0 Å². The van der Waals surface area contributed by atoms with E-state index in [9.17, 15) is 0 Å². The van der Waals surface area contributed by atoms with Gasteiger partial charge in [-0.15, -0.1) is 0 Å². The minimum atomic E-state index is 0.155. The van der Waals surface area contributed by atoms with Crippen LogP contribution >= 0.6 is 0 Å². The van der Waals surface area contributed by atoms with Gasteiger partial charge in [0, 0.05) is 52.6 Å². The van der Waals surface area contributed by atoms with Crippen LogP contribution in [0, 0.1) is 0 Å². The zero-order valence-corrected chi connectivity index (χ0v) is 14.8. The van der Waals surface area contributed by atoms with Crippen molar-refractivity contribution < 1.29 is 19.7 Å². The molecule has 2 rings (SSSR count). The number of ether oxygens (including phenoxy) is 2. The number of pyridine rings is 1. The predicted molar refractivity (Wildman–Crippen MR) is 98.1 cm³/mol. The van der Waals surface area contributed by atoms with Crippen molar-refractivity contribution in [3.05, 3.63) is 12.3 Å². The number of anilines is 3. The molecule has 0 spiro atoms. The highest BCUT2D eigenvalue weighted by Gasteiger charge is 2.23.